The molecule has 0 aliphatic rings. The molecule has 0 bridgehead atoms. The van der Waals surface area contributed by atoms with Crippen molar-refractivity contribution in [1.82, 2.24) is 0 Å². The monoisotopic (exact) mass is 500 g/mol. The first-order valence-electron chi connectivity index (χ1n) is 0.333. The third-order valence-corrected chi connectivity index (χ3v) is 0. The molecule has 0 aromatic carbocycles. The molecule has 0 atom stereocenters. The van der Waals surface area contributed by atoms with Crippen LogP contribution in [0, 0.1) is 12.8 Å². The van der Waals surface area contributed by atoms with Gasteiger partial charge in [0.05, 0.1) is 0 Å². The summed E-state index contributed by atoms with van der Waals surface area (Å²) in [7, 11) is 0. The largest absolute Gasteiger partial charge is 1.00 e. The number of halogens is 2. The van der Waals surface area contributed by atoms with Crippen molar-refractivity contribution >= 4 is 0 Å². The van der Waals surface area contributed by atoms with E-state index < -0.39 is 0 Å². The topological polar surface area (TPSA) is 0 Å². The fourth-order valence-corrected chi connectivity index (χ4v) is 0. The van der Waals surface area contributed by atoms with E-state index in [0.717, 1.165) is 0 Å². The Kier molecular flexibility index (Phi) is 454. The van der Waals surface area contributed by atoms with Crippen LogP contribution in [0.2, 0.25) is 0 Å². The second kappa shape index (κ2) is 62.7. The van der Waals surface area contributed by atoms with Crippen LogP contribution in [0.25, 0.3) is 0 Å². The molecule has 0 saturated carbocycles. The van der Waals surface area contributed by atoms with Gasteiger partial charge in [0.2, 0.25) is 0 Å². The molecular weight excluding hydrogens is 496 g/mol. The van der Waals surface area contributed by atoms with Crippen molar-refractivity contribution in [2.45, 2.75) is 0 Å². The fraction of sp³-hybridized carbons (Fsp3) is 0. The van der Waals surface area contributed by atoms with E-state index in [1.165, 1.54) is 0 Å². The predicted molar refractivity (Wildman–Crippen MR) is 9.89 cm³/mol. The maximum absolute atomic E-state index is 4.00. The van der Waals surface area contributed by atoms with Gasteiger partial charge in [-0.3, -0.25) is 0 Å². The molecule has 4 heteroatoms. The van der Waals surface area contributed by atoms with Gasteiger partial charge in [-0.15, -0.1) is 12.8 Å². The van der Waals surface area contributed by atoms with Gasteiger partial charge >= 0.3 is 55.3 Å². The van der Waals surface area contributed by atoms with E-state index in [2.05, 4.69) is 12.8 Å². The molecule has 6 heavy (non-hydrogen) atoms. The second-order valence-electron chi connectivity index (χ2n) is 0. The van der Waals surface area contributed by atoms with E-state index in [1.54, 1.807) is 0 Å². The zero-order valence-corrected chi connectivity index (χ0v) is 15.8. The van der Waals surface area contributed by atoms with Crippen LogP contribution in [-0.2, 0) is 55.3 Å². The third kappa shape index (κ3) is 37.3. The standard InChI is InChI=1S/C2H2.2ClH.2Hg/c1-2;;;;/h1-2H;2*1H;;/q;;;2*+1/p-2. The van der Waals surface area contributed by atoms with Crippen molar-refractivity contribution in [1.29, 1.82) is 0 Å². The summed E-state index contributed by atoms with van der Waals surface area (Å²) in [6.07, 6.45) is 8.00. The average Bonchev–Trinajstić information content (AvgIpc) is 1.00. The first kappa shape index (κ1) is 43.4. The molecule has 0 spiro atoms. The van der Waals surface area contributed by atoms with E-state index in [0.29, 0.717) is 0 Å². The molecule has 0 aromatic rings. The SMILES string of the molecule is C#C.[Cl-].[Cl-].[Hg+].[Hg+]. The molecule has 0 rings (SSSR count). The molecule has 0 aliphatic carbocycles. The molecule has 2 radical (unpaired) electrons. The van der Waals surface area contributed by atoms with Gasteiger partial charge in [-0.25, -0.2) is 0 Å². The minimum atomic E-state index is 0. The third-order valence-electron chi connectivity index (χ3n) is 0. The summed E-state index contributed by atoms with van der Waals surface area (Å²) < 4.78 is 0. The molecule has 0 N–H and O–H groups in total. The van der Waals surface area contributed by atoms with Crippen LogP contribution >= 0.6 is 0 Å². The second-order valence-corrected chi connectivity index (χ2v) is 0. The summed E-state index contributed by atoms with van der Waals surface area (Å²) in [5.41, 5.74) is 0. The minimum Gasteiger partial charge on any atom is -1.00 e. The van der Waals surface area contributed by atoms with Crippen LogP contribution in [0.4, 0.5) is 0 Å². The van der Waals surface area contributed by atoms with Gasteiger partial charge in [-0.1, -0.05) is 0 Å². The van der Waals surface area contributed by atoms with Crippen LogP contribution in [0.3, 0.4) is 0 Å². The summed E-state index contributed by atoms with van der Waals surface area (Å²) >= 11 is 0. The fourth-order valence-electron chi connectivity index (χ4n) is 0. The minimum absolute atomic E-state index is 0. The van der Waals surface area contributed by atoms with Gasteiger partial charge in [-0.05, 0) is 0 Å². The summed E-state index contributed by atoms with van der Waals surface area (Å²) in [5.74, 6) is 0. The number of rotatable bonds is 0. The maximum Gasteiger partial charge on any atom is 1.00 e. The Morgan fingerprint density at radius 3 is 0.667 bits per heavy atom. The molecule has 0 aliphatic heterocycles. The smallest absolute Gasteiger partial charge is 1.00 e. The zero-order valence-electron chi connectivity index (χ0n) is 3.32. The molecule has 0 unspecified atom stereocenters. The molecule has 0 aromatic heterocycles. The van der Waals surface area contributed by atoms with E-state index in [1.807, 2.05) is 0 Å². The van der Waals surface area contributed by atoms with E-state index >= 15 is 0 Å². The quantitative estimate of drug-likeness (QED) is 0.231. The van der Waals surface area contributed by atoms with Gasteiger partial charge in [0.15, 0.2) is 0 Å². The average molecular weight is 498 g/mol. The molecule has 0 amide bonds. The molecule has 0 nitrogen and oxygen atoms in total. The van der Waals surface area contributed by atoms with Gasteiger partial charge in [-0.2, -0.15) is 0 Å². The normalized spacial score (nSPS) is 0.333. The Labute approximate surface area is 91.7 Å². The van der Waals surface area contributed by atoms with Crippen molar-refractivity contribution < 1.29 is 80.2 Å². The number of terminal acetylenes is 1. The zero-order chi connectivity index (χ0) is 2.00. The molecule has 0 saturated heterocycles. The maximum atomic E-state index is 4.00. The Hall–Kier alpha value is 2.01. The summed E-state index contributed by atoms with van der Waals surface area (Å²) in [5, 5.41) is 0. The van der Waals surface area contributed by atoms with Crippen LogP contribution in [0.1, 0.15) is 0 Å². The Balaban J connectivity index is -0.000000000833. The molecular formula is C2H2Cl2Hg2. The number of hydrogen-bond donors (Lipinski definition) is 0. The predicted octanol–water partition coefficient (Wildman–Crippen LogP) is -5.75. The first-order chi connectivity index (χ1) is 1.00. The Morgan fingerprint density at radius 2 is 0.667 bits per heavy atom. The molecule has 0 heterocycles. The Bertz CT molecular complexity index is 14.3. The Morgan fingerprint density at radius 1 is 0.667 bits per heavy atom. The van der Waals surface area contributed by atoms with Gasteiger partial charge in [0, 0.05) is 0 Å². The van der Waals surface area contributed by atoms with Crippen molar-refractivity contribution in [2.75, 3.05) is 0 Å². The molecule has 28 valence electrons. The summed E-state index contributed by atoms with van der Waals surface area (Å²) in [6.45, 7) is 0. The van der Waals surface area contributed by atoms with Crippen molar-refractivity contribution in [3.05, 3.63) is 0 Å². The van der Waals surface area contributed by atoms with Crippen molar-refractivity contribution in [3.8, 4) is 12.8 Å². The van der Waals surface area contributed by atoms with Crippen LogP contribution in [-0.4, -0.2) is 0 Å². The number of hydrogen-bond acceptors (Lipinski definition) is 0. The van der Waals surface area contributed by atoms with E-state index in [4.69, 9.17) is 0 Å². The van der Waals surface area contributed by atoms with Gasteiger partial charge < -0.3 is 24.8 Å². The van der Waals surface area contributed by atoms with Crippen LogP contribution in [0.15, 0.2) is 0 Å². The van der Waals surface area contributed by atoms with E-state index in [9.17, 15) is 0 Å². The van der Waals surface area contributed by atoms with Crippen LogP contribution in [0.5, 0.6) is 0 Å². The van der Waals surface area contributed by atoms with E-state index in [-0.39, 0.29) is 80.2 Å². The first-order valence-corrected chi connectivity index (χ1v) is 0.333. The van der Waals surface area contributed by atoms with Gasteiger partial charge in [0.25, 0.3) is 0 Å². The molecule has 0 fully saturated rings. The summed E-state index contributed by atoms with van der Waals surface area (Å²) in [6, 6.07) is 0. The van der Waals surface area contributed by atoms with Gasteiger partial charge in [0.1, 0.15) is 0 Å². The van der Waals surface area contributed by atoms with Crippen LogP contribution < -0.4 is 24.8 Å². The summed E-state index contributed by atoms with van der Waals surface area (Å²) in [4.78, 5) is 0. The van der Waals surface area contributed by atoms with Crippen molar-refractivity contribution in [2.24, 2.45) is 0 Å². The van der Waals surface area contributed by atoms with Crippen molar-refractivity contribution in [3.63, 3.8) is 0 Å².